The van der Waals surface area contributed by atoms with Crippen LogP contribution in [0, 0.1) is 5.92 Å². The zero-order valence-corrected chi connectivity index (χ0v) is 9.50. The second-order valence-corrected chi connectivity index (χ2v) is 4.49. The first-order valence-electron chi connectivity index (χ1n) is 5.20. The van der Waals surface area contributed by atoms with Crippen molar-refractivity contribution >= 4 is 23.2 Å². The summed E-state index contributed by atoms with van der Waals surface area (Å²) in [6.45, 7) is 2.45. The van der Waals surface area contributed by atoms with E-state index in [0.29, 0.717) is 10.9 Å². The summed E-state index contributed by atoms with van der Waals surface area (Å²) >= 11 is 5.81. The molecule has 0 aromatic heterocycles. The minimum Gasteiger partial charge on any atom is -0.312 e. The molecule has 2 rings (SSSR count). The van der Waals surface area contributed by atoms with Crippen LogP contribution >= 0.6 is 11.6 Å². The van der Waals surface area contributed by atoms with Crippen LogP contribution in [0.25, 0.3) is 0 Å². The number of hydrogen-bond donors (Lipinski definition) is 0. The molecular weight excluding hydrogens is 210 g/mol. The van der Waals surface area contributed by atoms with E-state index in [0.717, 1.165) is 12.2 Å². The first-order valence-corrected chi connectivity index (χ1v) is 5.58. The maximum Gasteiger partial charge on any atom is 0.223 e. The number of hydrogen-bond acceptors (Lipinski definition) is 1. The van der Waals surface area contributed by atoms with Crippen LogP contribution in [0.15, 0.2) is 24.3 Å². The van der Waals surface area contributed by atoms with E-state index >= 15 is 0 Å². The van der Waals surface area contributed by atoms with Crippen molar-refractivity contribution in [1.29, 1.82) is 0 Å². The number of anilines is 1. The molecule has 0 saturated heterocycles. The summed E-state index contributed by atoms with van der Waals surface area (Å²) in [7, 11) is 0. The molecule has 1 aromatic rings. The van der Waals surface area contributed by atoms with Crippen LogP contribution in [0.2, 0.25) is 5.02 Å². The van der Waals surface area contributed by atoms with Crippen LogP contribution < -0.4 is 4.90 Å². The van der Waals surface area contributed by atoms with Crippen molar-refractivity contribution in [3.63, 3.8) is 0 Å². The molecule has 0 radical (unpaired) electrons. The summed E-state index contributed by atoms with van der Waals surface area (Å²) in [6, 6.07) is 7.43. The molecule has 1 aliphatic carbocycles. The molecular formula is C12H14ClNO. The Morgan fingerprint density at radius 3 is 2.47 bits per heavy atom. The highest BCUT2D eigenvalue weighted by Gasteiger charge is 2.26. The van der Waals surface area contributed by atoms with Gasteiger partial charge >= 0.3 is 0 Å². The molecule has 1 saturated carbocycles. The molecule has 1 aromatic carbocycles. The van der Waals surface area contributed by atoms with Gasteiger partial charge in [0.25, 0.3) is 0 Å². The number of carbonyl (C=O) groups excluding carboxylic acids is 1. The molecule has 1 amide bonds. The summed E-state index contributed by atoms with van der Waals surface area (Å²) in [5.74, 6) is 0.800. The molecule has 2 nitrogen and oxygen atoms in total. The highest BCUT2D eigenvalue weighted by atomic mass is 35.5. The van der Waals surface area contributed by atoms with Crippen molar-refractivity contribution in [3.8, 4) is 0 Å². The van der Waals surface area contributed by atoms with E-state index in [1.165, 1.54) is 12.8 Å². The normalized spacial score (nSPS) is 15.1. The second kappa shape index (κ2) is 4.23. The first kappa shape index (κ1) is 10.5. The molecule has 1 fully saturated rings. The van der Waals surface area contributed by atoms with E-state index < -0.39 is 0 Å². The molecule has 1 aliphatic rings. The van der Waals surface area contributed by atoms with Crippen LogP contribution in [0.3, 0.4) is 0 Å². The van der Waals surface area contributed by atoms with E-state index in [1.54, 1.807) is 6.92 Å². The van der Waals surface area contributed by atoms with Gasteiger partial charge in [-0.15, -0.1) is 0 Å². The number of carbonyl (C=O) groups is 1. The van der Waals surface area contributed by atoms with Gasteiger partial charge in [0.15, 0.2) is 0 Å². The van der Waals surface area contributed by atoms with Gasteiger partial charge in [0.2, 0.25) is 5.91 Å². The zero-order chi connectivity index (χ0) is 10.8. The lowest BCUT2D eigenvalue weighted by Crippen LogP contribution is -2.30. The van der Waals surface area contributed by atoms with E-state index in [2.05, 4.69) is 0 Å². The van der Waals surface area contributed by atoms with Crippen LogP contribution in [-0.4, -0.2) is 12.5 Å². The monoisotopic (exact) mass is 223 g/mol. The van der Waals surface area contributed by atoms with Crippen LogP contribution in [0.5, 0.6) is 0 Å². The largest absolute Gasteiger partial charge is 0.312 e. The Morgan fingerprint density at radius 2 is 2.00 bits per heavy atom. The fourth-order valence-electron chi connectivity index (χ4n) is 1.60. The fourth-order valence-corrected chi connectivity index (χ4v) is 1.72. The minimum atomic E-state index is 0.101. The molecule has 0 bridgehead atoms. The van der Waals surface area contributed by atoms with Gasteiger partial charge in [-0.1, -0.05) is 11.6 Å². The van der Waals surface area contributed by atoms with Gasteiger partial charge in [0.05, 0.1) is 0 Å². The van der Waals surface area contributed by atoms with E-state index in [9.17, 15) is 4.79 Å². The highest BCUT2D eigenvalue weighted by molar-refractivity contribution is 6.30. The minimum absolute atomic E-state index is 0.101. The first-order chi connectivity index (χ1) is 7.16. The van der Waals surface area contributed by atoms with E-state index in [-0.39, 0.29) is 5.91 Å². The molecule has 0 spiro atoms. The Bertz CT molecular complexity index is 356. The van der Waals surface area contributed by atoms with Gasteiger partial charge in [0, 0.05) is 24.2 Å². The lowest BCUT2D eigenvalue weighted by Gasteiger charge is -2.20. The third kappa shape index (κ3) is 2.72. The van der Waals surface area contributed by atoms with Crippen molar-refractivity contribution < 1.29 is 4.79 Å². The predicted molar refractivity (Wildman–Crippen MR) is 62.2 cm³/mol. The molecule has 0 atom stereocenters. The van der Waals surface area contributed by atoms with Gasteiger partial charge in [-0.05, 0) is 43.0 Å². The highest BCUT2D eigenvalue weighted by Crippen LogP contribution is 2.31. The van der Waals surface area contributed by atoms with Crippen molar-refractivity contribution in [2.45, 2.75) is 19.8 Å². The number of amides is 1. The maximum absolute atomic E-state index is 11.5. The standard InChI is InChI=1S/C12H14ClNO/c1-9(15)14(8-10-2-3-10)12-6-4-11(13)5-7-12/h4-7,10H,2-3,8H2,1H3. The third-order valence-electron chi connectivity index (χ3n) is 2.66. The Balaban J connectivity index is 2.15. The zero-order valence-electron chi connectivity index (χ0n) is 8.74. The van der Waals surface area contributed by atoms with Crippen molar-refractivity contribution in [3.05, 3.63) is 29.3 Å². The summed E-state index contributed by atoms with van der Waals surface area (Å²) < 4.78 is 0. The number of nitrogens with zero attached hydrogens (tertiary/aromatic N) is 1. The van der Waals surface area contributed by atoms with Gasteiger partial charge in [0.1, 0.15) is 0 Å². The Labute approximate surface area is 94.8 Å². The molecule has 0 heterocycles. The summed E-state index contributed by atoms with van der Waals surface area (Å²) in [6.07, 6.45) is 2.49. The van der Waals surface area contributed by atoms with Crippen molar-refractivity contribution in [2.75, 3.05) is 11.4 Å². The lowest BCUT2D eigenvalue weighted by molar-refractivity contribution is -0.116. The molecule has 80 valence electrons. The fraction of sp³-hybridized carbons (Fsp3) is 0.417. The van der Waals surface area contributed by atoms with Gasteiger partial charge in [-0.3, -0.25) is 4.79 Å². The Hall–Kier alpha value is -1.02. The quantitative estimate of drug-likeness (QED) is 0.771. The van der Waals surface area contributed by atoms with Crippen LogP contribution in [0.1, 0.15) is 19.8 Å². The Morgan fingerprint density at radius 1 is 1.40 bits per heavy atom. The molecule has 0 aliphatic heterocycles. The predicted octanol–water partition coefficient (Wildman–Crippen LogP) is 3.10. The van der Waals surface area contributed by atoms with Crippen LogP contribution in [0.4, 0.5) is 5.69 Å². The van der Waals surface area contributed by atoms with Crippen molar-refractivity contribution in [2.24, 2.45) is 5.92 Å². The number of benzene rings is 1. The summed E-state index contributed by atoms with van der Waals surface area (Å²) in [5.41, 5.74) is 0.943. The summed E-state index contributed by atoms with van der Waals surface area (Å²) in [5, 5.41) is 0.702. The topological polar surface area (TPSA) is 20.3 Å². The third-order valence-corrected chi connectivity index (χ3v) is 2.91. The van der Waals surface area contributed by atoms with Gasteiger partial charge < -0.3 is 4.90 Å². The summed E-state index contributed by atoms with van der Waals surface area (Å²) in [4.78, 5) is 13.3. The average molecular weight is 224 g/mol. The second-order valence-electron chi connectivity index (χ2n) is 4.05. The smallest absolute Gasteiger partial charge is 0.223 e. The molecule has 0 N–H and O–H groups in total. The number of halogens is 1. The molecule has 15 heavy (non-hydrogen) atoms. The molecule has 0 unspecified atom stereocenters. The van der Waals surface area contributed by atoms with Crippen molar-refractivity contribution in [1.82, 2.24) is 0 Å². The van der Waals surface area contributed by atoms with E-state index in [4.69, 9.17) is 11.6 Å². The van der Waals surface area contributed by atoms with Gasteiger partial charge in [-0.2, -0.15) is 0 Å². The average Bonchev–Trinajstić information content (AvgIpc) is 2.99. The lowest BCUT2D eigenvalue weighted by atomic mass is 10.2. The molecule has 3 heteroatoms. The number of rotatable bonds is 3. The van der Waals surface area contributed by atoms with Gasteiger partial charge in [-0.25, -0.2) is 0 Å². The SMILES string of the molecule is CC(=O)N(CC1CC1)c1ccc(Cl)cc1. The van der Waals surface area contributed by atoms with E-state index in [1.807, 2.05) is 29.2 Å². The maximum atomic E-state index is 11.5. The Kier molecular flexibility index (Phi) is 2.96. The van der Waals surface area contributed by atoms with Crippen LogP contribution in [-0.2, 0) is 4.79 Å².